The van der Waals surface area contributed by atoms with Crippen LogP contribution >= 0.6 is 23.2 Å². The van der Waals surface area contributed by atoms with Gasteiger partial charge in [0.1, 0.15) is 5.75 Å². The first-order valence-electron chi connectivity index (χ1n) is 7.26. The first kappa shape index (κ1) is 16.6. The Morgan fingerprint density at radius 1 is 1.04 bits per heavy atom. The molecule has 2 aromatic carbocycles. The highest BCUT2D eigenvalue weighted by Crippen LogP contribution is 2.24. The van der Waals surface area contributed by atoms with Crippen LogP contribution in [-0.2, 0) is 6.54 Å². The molecule has 0 N–H and O–H groups in total. The molecule has 0 aliphatic heterocycles. The lowest BCUT2D eigenvalue weighted by atomic mass is 10.2. The van der Waals surface area contributed by atoms with Crippen LogP contribution in [0.5, 0.6) is 5.75 Å². The van der Waals surface area contributed by atoms with Gasteiger partial charge in [0.15, 0.2) is 0 Å². The fourth-order valence-corrected chi connectivity index (χ4v) is 2.91. The summed E-state index contributed by atoms with van der Waals surface area (Å²) >= 11 is 11.8. The highest BCUT2D eigenvalue weighted by molar-refractivity contribution is 6.34. The summed E-state index contributed by atoms with van der Waals surface area (Å²) in [4.78, 5) is 23.6. The molecular formula is C17H13Cl2NO4. The van der Waals surface area contributed by atoms with Crippen molar-refractivity contribution in [3.05, 3.63) is 73.5 Å². The highest BCUT2D eigenvalue weighted by atomic mass is 35.5. The van der Waals surface area contributed by atoms with Gasteiger partial charge in [-0.3, -0.25) is 4.57 Å². The maximum Gasteiger partial charge on any atom is 0.422 e. The number of nitrogens with zero attached hydrogens (tertiary/aromatic N) is 1. The largest absolute Gasteiger partial charge is 0.493 e. The number of halogens is 2. The maximum absolute atomic E-state index is 11.9. The van der Waals surface area contributed by atoms with Gasteiger partial charge in [0, 0.05) is 16.6 Å². The Bertz CT molecular complexity index is 974. The van der Waals surface area contributed by atoms with Crippen LogP contribution in [0.2, 0.25) is 10.0 Å². The van der Waals surface area contributed by atoms with Gasteiger partial charge in [-0.1, -0.05) is 35.3 Å². The van der Waals surface area contributed by atoms with Crippen molar-refractivity contribution in [3.63, 3.8) is 0 Å². The molecule has 3 rings (SSSR count). The minimum Gasteiger partial charge on any atom is -0.493 e. The van der Waals surface area contributed by atoms with Crippen LogP contribution in [0.25, 0.3) is 10.9 Å². The van der Waals surface area contributed by atoms with E-state index in [1.807, 2.05) is 0 Å². The molecule has 5 nitrogen and oxygen atoms in total. The topological polar surface area (TPSA) is 61.4 Å². The van der Waals surface area contributed by atoms with Crippen molar-refractivity contribution in [2.45, 2.75) is 13.0 Å². The Hall–Kier alpha value is -2.24. The van der Waals surface area contributed by atoms with Crippen LogP contribution in [0.1, 0.15) is 6.42 Å². The van der Waals surface area contributed by atoms with Crippen LogP contribution in [0.4, 0.5) is 0 Å². The van der Waals surface area contributed by atoms with Crippen LogP contribution in [0.15, 0.2) is 56.5 Å². The molecule has 1 heterocycles. The molecule has 0 spiro atoms. The van der Waals surface area contributed by atoms with Gasteiger partial charge in [0.2, 0.25) is 0 Å². The molecule has 0 unspecified atom stereocenters. The predicted octanol–water partition coefficient (Wildman–Crippen LogP) is 3.73. The molecule has 124 valence electrons. The van der Waals surface area contributed by atoms with Crippen molar-refractivity contribution in [2.24, 2.45) is 0 Å². The third kappa shape index (κ3) is 3.63. The number of hydrogen-bond donors (Lipinski definition) is 0. The fraction of sp³-hybridized carbons (Fsp3) is 0.176. The Morgan fingerprint density at radius 2 is 1.75 bits per heavy atom. The summed E-state index contributed by atoms with van der Waals surface area (Å²) < 4.78 is 11.8. The van der Waals surface area contributed by atoms with E-state index in [1.54, 1.807) is 42.5 Å². The zero-order valence-corrected chi connectivity index (χ0v) is 14.0. The molecule has 0 saturated carbocycles. The number of rotatable bonds is 5. The second-order valence-electron chi connectivity index (χ2n) is 5.13. The molecule has 0 bridgehead atoms. The van der Waals surface area contributed by atoms with Crippen molar-refractivity contribution in [3.8, 4) is 5.75 Å². The molecule has 24 heavy (non-hydrogen) atoms. The molecule has 3 aromatic rings. The molecule has 0 atom stereocenters. The van der Waals surface area contributed by atoms with Crippen molar-refractivity contribution in [2.75, 3.05) is 6.61 Å². The average Bonchev–Trinajstić information content (AvgIpc) is 2.53. The van der Waals surface area contributed by atoms with Crippen molar-refractivity contribution in [1.82, 2.24) is 4.57 Å². The monoisotopic (exact) mass is 365 g/mol. The Labute approximate surface area is 147 Å². The van der Waals surface area contributed by atoms with E-state index in [1.165, 1.54) is 4.57 Å². The quantitative estimate of drug-likeness (QED) is 0.646. The Morgan fingerprint density at radius 3 is 2.50 bits per heavy atom. The smallest absolute Gasteiger partial charge is 0.422 e. The van der Waals surface area contributed by atoms with Crippen molar-refractivity contribution < 1.29 is 9.15 Å². The summed E-state index contributed by atoms with van der Waals surface area (Å²) in [6.07, 6.45) is 0.543. The second kappa shape index (κ2) is 7.11. The lowest BCUT2D eigenvalue weighted by molar-refractivity contribution is 0.296. The Kier molecular flexibility index (Phi) is 4.92. The van der Waals surface area contributed by atoms with Gasteiger partial charge >= 0.3 is 11.4 Å². The number of para-hydroxylation sites is 1. The SMILES string of the molecule is O=c1oc(=O)n(CCCOc2cc(Cl)cc(Cl)c2)c2ccccc12. The van der Waals surface area contributed by atoms with Crippen LogP contribution in [-0.4, -0.2) is 11.2 Å². The van der Waals surface area contributed by atoms with Gasteiger partial charge in [-0.2, -0.15) is 0 Å². The third-order valence-electron chi connectivity index (χ3n) is 3.45. The third-order valence-corrected chi connectivity index (χ3v) is 3.88. The van der Waals surface area contributed by atoms with Gasteiger partial charge in [-0.05, 0) is 36.8 Å². The number of aromatic nitrogens is 1. The number of ether oxygens (including phenoxy) is 1. The van der Waals surface area contributed by atoms with Crippen molar-refractivity contribution >= 4 is 34.1 Å². The van der Waals surface area contributed by atoms with Crippen LogP contribution in [0, 0.1) is 0 Å². The fourth-order valence-electron chi connectivity index (χ4n) is 2.41. The van der Waals surface area contributed by atoms with E-state index in [0.717, 1.165) is 0 Å². The van der Waals surface area contributed by atoms with Gasteiger partial charge in [-0.25, -0.2) is 9.59 Å². The molecule has 0 radical (unpaired) electrons. The predicted molar refractivity (Wildman–Crippen MR) is 93.3 cm³/mol. The van der Waals surface area contributed by atoms with Crippen LogP contribution < -0.4 is 16.1 Å². The van der Waals surface area contributed by atoms with Gasteiger partial charge in [0.25, 0.3) is 0 Å². The van der Waals surface area contributed by atoms with Gasteiger partial charge in [0.05, 0.1) is 17.5 Å². The molecule has 7 heteroatoms. The van der Waals surface area contributed by atoms with Crippen LogP contribution in [0.3, 0.4) is 0 Å². The first-order chi connectivity index (χ1) is 11.5. The number of aryl methyl sites for hydroxylation is 1. The van der Waals surface area contributed by atoms with E-state index in [0.29, 0.717) is 46.3 Å². The second-order valence-corrected chi connectivity index (χ2v) is 6.00. The summed E-state index contributed by atoms with van der Waals surface area (Å²) in [5.74, 6) is -0.117. The average molecular weight is 366 g/mol. The molecule has 1 aromatic heterocycles. The minimum absolute atomic E-state index is 0.358. The van der Waals surface area contributed by atoms with E-state index in [-0.39, 0.29) is 0 Å². The number of benzene rings is 2. The maximum atomic E-state index is 11.9. The van der Waals surface area contributed by atoms with E-state index in [2.05, 4.69) is 0 Å². The molecule has 0 amide bonds. The lowest BCUT2D eigenvalue weighted by Crippen LogP contribution is -2.25. The lowest BCUT2D eigenvalue weighted by Gasteiger charge is -2.10. The molecule has 0 aliphatic rings. The standard InChI is InChI=1S/C17H13Cl2NO4/c18-11-8-12(19)10-13(9-11)23-7-3-6-20-15-5-2-1-4-14(15)16(21)24-17(20)22/h1-2,4-5,8-10H,3,6-7H2. The zero-order valence-electron chi connectivity index (χ0n) is 12.5. The summed E-state index contributed by atoms with van der Waals surface area (Å²) in [6.45, 7) is 0.716. The van der Waals surface area contributed by atoms with E-state index < -0.39 is 11.4 Å². The minimum atomic E-state index is -0.676. The van der Waals surface area contributed by atoms with Crippen molar-refractivity contribution in [1.29, 1.82) is 0 Å². The normalized spacial score (nSPS) is 10.9. The summed E-state index contributed by atoms with van der Waals surface area (Å²) in [5, 5.41) is 1.36. The summed E-state index contributed by atoms with van der Waals surface area (Å²) in [7, 11) is 0. The Balaban J connectivity index is 1.72. The molecule has 0 aliphatic carbocycles. The zero-order chi connectivity index (χ0) is 17.1. The summed E-state index contributed by atoms with van der Waals surface area (Å²) in [6, 6.07) is 11.8. The number of fused-ring (bicyclic) bond motifs is 1. The van der Waals surface area contributed by atoms with E-state index in [9.17, 15) is 9.59 Å². The highest BCUT2D eigenvalue weighted by Gasteiger charge is 2.08. The van der Waals surface area contributed by atoms with E-state index >= 15 is 0 Å². The van der Waals surface area contributed by atoms with Gasteiger partial charge < -0.3 is 9.15 Å². The van der Waals surface area contributed by atoms with Gasteiger partial charge in [-0.15, -0.1) is 0 Å². The number of hydrogen-bond acceptors (Lipinski definition) is 4. The first-order valence-corrected chi connectivity index (χ1v) is 8.02. The summed E-state index contributed by atoms with van der Waals surface area (Å²) in [5.41, 5.74) is -0.0822. The molecule has 0 saturated heterocycles. The molecule has 0 fully saturated rings. The molecular weight excluding hydrogens is 353 g/mol. The van der Waals surface area contributed by atoms with E-state index in [4.69, 9.17) is 32.4 Å².